The third kappa shape index (κ3) is 5.47. The van der Waals surface area contributed by atoms with E-state index in [1.165, 1.54) is 0 Å². The van der Waals surface area contributed by atoms with E-state index in [1.54, 1.807) is 0 Å². The van der Waals surface area contributed by atoms with Crippen molar-refractivity contribution in [1.29, 1.82) is 0 Å². The van der Waals surface area contributed by atoms with Crippen molar-refractivity contribution < 1.29 is 18.0 Å². The van der Waals surface area contributed by atoms with Crippen LogP contribution in [0.15, 0.2) is 0 Å². The Morgan fingerprint density at radius 1 is 1.19 bits per heavy atom. The fourth-order valence-corrected chi connectivity index (χ4v) is 3.28. The molecule has 0 bridgehead atoms. The largest absolute Gasteiger partial charge is 0.397 e. The van der Waals surface area contributed by atoms with E-state index in [0.29, 0.717) is 12.6 Å². The Bertz CT molecular complexity index is 354. The van der Waals surface area contributed by atoms with E-state index < -0.39 is 18.5 Å². The number of nitrogens with zero attached hydrogens (tertiary/aromatic N) is 2. The number of piperidine rings is 2. The quantitative estimate of drug-likeness (QED) is 0.860. The van der Waals surface area contributed by atoms with Gasteiger partial charge in [0.15, 0.2) is 0 Å². The van der Waals surface area contributed by atoms with Crippen LogP contribution in [-0.2, 0) is 4.79 Å². The molecule has 0 spiro atoms. The molecule has 1 atom stereocenters. The van der Waals surface area contributed by atoms with Crippen LogP contribution in [0.5, 0.6) is 0 Å². The number of hydrogen-bond acceptors (Lipinski definition) is 3. The molecule has 2 heterocycles. The summed E-state index contributed by atoms with van der Waals surface area (Å²) in [7, 11) is 2.10. The molecule has 0 aromatic carbocycles. The molecule has 0 aromatic heterocycles. The summed E-state index contributed by atoms with van der Waals surface area (Å²) < 4.78 is 36.6. The van der Waals surface area contributed by atoms with Gasteiger partial charge in [-0.3, -0.25) is 9.69 Å². The summed E-state index contributed by atoms with van der Waals surface area (Å²) in [5, 5.41) is 2.54. The van der Waals surface area contributed by atoms with Crippen molar-refractivity contribution in [3.05, 3.63) is 0 Å². The van der Waals surface area contributed by atoms with E-state index in [0.717, 1.165) is 45.3 Å². The Balaban J connectivity index is 1.79. The SMILES string of the molecule is CN1CCC(N2CCCC(NC(=O)CC(F)(F)F)C2)CC1. The highest BCUT2D eigenvalue weighted by Crippen LogP contribution is 2.22. The number of halogens is 3. The van der Waals surface area contributed by atoms with Crippen LogP contribution < -0.4 is 5.32 Å². The third-order valence-electron chi connectivity index (χ3n) is 4.38. The average molecular weight is 307 g/mol. The maximum atomic E-state index is 12.2. The van der Waals surface area contributed by atoms with Crippen molar-refractivity contribution >= 4 is 5.91 Å². The van der Waals surface area contributed by atoms with Crippen molar-refractivity contribution in [2.45, 2.75) is 50.4 Å². The molecule has 21 heavy (non-hydrogen) atoms. The zero-order valence-corrected chi connectivity index (χ0v) is 12.5. The van der Waals surface area contributed by atoms with E-state index in [2.05, 4.69) is 22.2 Å². The predicted molar refractivity (Wildman–Crippen MR) is 73.9 cm³/mol. The summed E-state index contributed by atoms with van der Waals surface area (Å²) in [6.07, 6.45) is -1.90. The van der Waals surface area contributed by atoms with E-state index in [9.17, 15) is 18.0 Å². The van der Waals surface area contributed by atoms with E-state index in [-0.39, 0.29) is 6.04 Å². The van der Waals surface area contributed by atoms with E-state index in [1.807, 2.05) is 0 Å². The van der Waals surface area contributed by atoms with Crippen LogP contribution >= 0.6 is 0 Å². The minimum atomic E-state index is -4.42. The fraction of sp³-hybridized carbons (Fsp3) is 0.929. The molecule has 122 valence electrons. The highest BCUT2D eigenvalue weighted by atomic mass is 19.4. The Kier molecular flexibility index (Phi) is 5.48. The highest BCUT2D eigenvalue weighted by molar-refractivity contribution is 5.76. The van der Waals surface area contributed by atoms with Gasteiger partial charge in [0.2, 0.25) is 5.91 Å². The number of rotatable bonds is 3. The summed E-state index contributed by atoms with van der Waals surface area (Å²) in [5.41, 5.74) is 0. The van der Waals surface area contributed by atoms with Crippen molar-refractivity contribution in [3.63, 3.8) is 0 Å². The minimum Gasteiger partial charge on any atom is -0.352 e. The summed E-state index contributed by atoms with van der Waals surface area (Å²) in [5.74, 6) is -0.905. The van der Waals surface area contributed by atoms with Crippen molar-refractivity contribution in [3.8, 4) is 0 Å². The van der Waals surface area contributed by atoms with Crippen molar-refractivity contribution in [2.75, 3.05) is 33.2 Å². The average Bonchev–Trinajstić information content (AvgIpc) is 2.37. The molecule has 0 saturated carbocycles. The standard InChI is InChI=1S/C14H24F3N3O/c1-19-7-4-12(5-8-19)20-6-2-3-11(10-20)18-13(21)9-14(15,16)17/h11-12H,2-10H2,1H3,(H,18,21). The normalized spacial score (nSPS) is 26.8. The smallest absolute Gasteiger partial charge is 0.352 e. The van der Waals surface area contributed by atoms with Gasteiger partial charge in [0.05, 0.1) is 0 Å². The lowest BCUT2D eigenvalue weighted by Crippen LogP contribution is -2.53. The zero-order chi connectivity index (χ0) is 15.5. The molecule has 1 N–H and O–H groups in total. The first kappa shape index (κ1) is 16.5. The molecule has 0 radical (unpaired) electrons. The van der Waals surface area contributed by atoms with Crippen LogP contribution in [0.2, 0.25) is 0 Å². The monoisotopic (exact) mass is 307 g/mol. The number of alkyl halides is 3. The maximum absolute atomic E-state index is 12.2. The summed E-state index contributed by atoms with van der Waals surface area (Å²) in [6, 6.07) is 0.358. The number of nitrogens with one attached hydrogen (secondary N) is 1. The van der Waals surface area contributed by atoms with Gasteiger partial charge in [-0.2, -0.15) is 13.2 Å². The molecular formula is C14H24F3N3O. The van der Waals surface area contributed by atoms with Gasteiger partial charge < -0.3 is 10.2 Å². The van der Waals surface area contributed by atoms with E-state index in [4.69, 9.17) is 0 Å². The summed E-state index contributed by atoms with van der Waals surface area (Å²) in [6.45, 7) is 3.79. The molecule has 0 aliphatic carbocycles. The number of hydrogen-bond donors (Lipinski definition) is 1. The van der Waals surface area contributed by atoms with E-state index >= 15 is 0 Å². The summed E-state index contributed by atoms with van der Waals surface area (Å²) >= 11 is 0. The Hall–Kier alpha value is -0.820. The van der Waals surface area contributed by atoms with Crippen LogP contribution in [0.3, 0.4) is 0 Å². The van der Waals surface area contributed by atoms with Crippen LogP contribution in [0.25, 0.3) is 0 Å². The molecule has 4 nitrogen and oxygen atoms in total. The lowest BCUT2D eigenvalue weighted by molar-refractivity contribution is -0.154. The first-order chi connectivity index (χ1) is 9.83. The van der Waals surface area contributed by atoms with Crippen molar-refractivity contribution in [2.24, 2.45) is 0 Å². The molecule has 2 aliphatic rings. The topological polar surface area (TPSA) is 35.6 Å². The van der Waals surface area contributed by atoms with Gasteiger partial charge >= 0.3 is 6.18 Å². The second-order valence-electron chi connectivity index (χ2n) is 6.23. The van der Waals surface area contributed by atoms with Gasteiger partial charge in [0.1, 0.15) is 6.42 Å². The molecule has 2 saturated heterocycles. The zero-order valence-electron chi connectivity index (χ0n) is 12.5. The minimum absolute atomic E-state index is 0.145. The molecule has 2 fully saturated rings. The number of carbonyl (C=O) groups is 1. The molecule has 1 amide bonds. The van der Waals surface area contributed by atoms with Crippen LogP contribution in [-0.4, -0.2) is 67.2 Å². The van der Waals surface area contributed by atoms with Gasteiger partial charge in [-0.15, -0.1) is 0 Å². The highest BCUT2D eigenvalue weighted by Gasteiger charge is 2.33. The van der Waals surface area contributed by atoms with Crippen LogP contribution in [0.4, 0.5) is 13.2 Å². The maximum Gasteiger partial charge on any atom is 0.397 e. The number of likely N-dealkylation sites (tertiary alicyclic amines) is 2. The molecule has 0 aromatic rings. The molecule has 7 heteroatoms. The molecule has 1 unspecified atom stereocenters. The van der Waals surface area contributed by atoms with Gasteiger partial charge in [-0.05, 0) is 52.4 Å². The predicted octanol–water partition coefficient (Wildman–Crippen LogP) is 1.61. The Morgan fingerprint density at radius 2 is 1.86 bits per heavy atom. The molecule has 2 aliphatic heterocycles. The van der Waals surface area contributed by atoms with Gasteiger partial charge in [0.25, 0.3) is 0 Å². The lowest BCUT2D eigenvalue weighted by Gasteiger charge is -2.41. The second kappa shape index (κ2) is 6.96. The van der Waals surface area contributed by atoms with Gasteiger partial charge in [0, 0.05) is 18.6 Å². The lowest BCUT2D eigenvalue weighted by atomic mass is 9.98. The summed E-state index contributed by atoms with van der Waals surface area (Å²) in [4.78, 5) is 16.0. The van der Waals surface area contributed by atoms with Crippen molar-refractivity contribution in [1.82, 2.24) is 15.1 Å². The fourth-order valence-electron chi connectivity index (χ4n) is 3.28. The van der Waals surface area contributed by atoms with Gasteiger partial charge in [-0.25, -0.2) is 0 Å². The number of carbonyl (C=O) groups excluding carboxylic acids is 1. The number of amides is 1. The Labute approximate surface area is 123 Å². The molecule has 2 rings (SSSR count). The first-order valence-electron chi connectivity index (χ1n) is 7.62. The third-order valence-corrected chi connectivity index (χ3v) is 4.38. The van der Waals surface area contributed by atoms with Gasteiger partial charge in [-0.1, -0.05) is 0 Å². The first-order valence-corrected chi connectivity index (χ1v) is 7.62. The van der Waals surface area contributed by atoms with Crippen LogP contribution in [0.1, 0.15) is 32.1 Å². The van der Waals surface area contributed by atoms with Crippen LogP contribution in [0, 0.1) is 0 Å². The second-order valence-corrected chi connectivity index (χ2v) is 6.23. The molecular weight excluding hydrogens is 283 g/mol. The Morgan fingerprint density at radius 3 is 2.48 bits per heavy atom.